The van der Waals surface area contributed by atoms with Gasteiger partial charge in [-0.1, -0.05) is 0 Å². The van der Waals surface area contributed by atoms with Gasteiger partial charge in [-0.15, -0.1) is 0 Å². The minimum absolute atomic E-state index is 0.0919. The highest BCUT2D eigenvalue weighted by atomic mass is 16.2. The van der Waals surface area contributed by atoms with Crippen molar-refractivity contribution in [2.75, 3.05) is 0 Å². The summed E-state index contributed by atoms with van der Waals surface area (Å²) in [5.74, 6) is -0.620. The van der Waals surface area contributed by atoms with Gasteiger partial charge in [0.2, 0.25) is 5.91 Å². The molecule has 0 spiro atoms. The minimum atomic E-state index is -0.445. The Bertz CT molecular complexity index is 482. The number of nitrogens with zero attached hydrogens (tertiary/aromatic N) is 1. The second-order valence-corrected chi connectivity index (χ2v) is 4.04. The van der Waals surface area contributed by atoms with Crippen molar-refractivity contribution in [3.8, 4) is 0 Å². The molecule has 1 unspecified atom stereocenters. The van der Waals surface area contributed by atoms with Crippen molar-refractivity contribution in [1.29, 1.82) is 0 Å². The maximum Gasteiger partial charge on any atom is 0.254 e. The molecule has 1 aliphatic rings. The minimum Gasteiger partial charge on any atom is -0.370 e. The zero-order valence-electron chi connectivity index (χ0n) is 9.20. The highest BCUT2D eigenvalue weighted by molar-refractivity contribution is 6.00. The van der Waals surface area contributed by atoms with Crippen LogP contribution < -0.4 is 11.1 Å². The molecule has 5 nitrogen and oxygen atoms in total. The van der Waals surface area contributed by atoms with Gasteiger partial charge in [0.1, 0.15) is 0 Å². The molecule has 2 heterocycles. The number of rotatable bonds is 2. The Morgan fingerprint density at radius 3 is 2.88 bits per heavy atom. The van der Waals surface area contributed by atoms with Crippen LogP contribution in [0.5, 0.6) is 0 Å². The summed E-state index contributed by atoms with van der Waals surface area (Å²) in [5, 5.41) is 2.72. The number of pyridine rings is 1. The first-order chi connectivity index (χ1) is 7.49. The van der Waals surface area contributed by atoms with E-state index in [0.29, 0.717) is 11.3 Å². The van der Waals surface area contributed by atoms with E-state index in [2.05, 4.69) is 10.3 Å². The van der Waals surface area contributed by atoms with Gasteiger partial charge in [0.15, 0.2) is 0 Å². The fourth-order valence-electron chi connectivity index (χ4n) is 2.06. The number of carbonyl (C=O) groups is 2. The molecule has 0 aliphatic carbocycles. The Labute approximate surface area is 93.0 Å². The van der Waals surface area contributed by atoms with E-state index in [1.54, 1.807) is 0 Å². The Morgan fingerprint density at radius 1 is 1.56 bits per heavy atom. The molecule has 5 heteroatoms. The van der Waals surface area contributed by atoms with Gasteiger partial charge in [-0.25, -0.2) is 0 Å². The molecule has 0 aromatic carbocycles. The van der Waals surface area contributed by atoms with Gasteiger partial charge in [0.25, 0.3) is 5.91 Å². The second-order valence-electron chi connectivity index (χ2n) is 4.04. The lowest BCUT2D eigenvalue weighted by Gasteiger charge is -2.08. The highest BCUT2D eigenvalue weighted by Gasteiger charge is 2.32. The molecule has 2 rings (SSSR count). The van der Waals surface area contributed by atoms with Gasteiger partial charge in [-0.05, 0) is 25.5 Å². The Morgan fingerprint density at radius 2 is 2.25 bits per heavy atom. The topological polar surface area (TPSA) is 85.1 Å². The van der Waals surface area contributed by atoms with E-state index in [1.807, 2.05) is 19.9 Å². The standard InChI is InChI=1S/C11H13N3O2/c1-5-3-6(2)13-10-7(4-8(12)15)14-11(16)9(5)10/h3,7H,4H2,1-2H3,(H2,12,15)(H,14,16). The third kappa shape index (κ3) is 1.64. The largest absolute Gasteiger partial charge is 0.370 e. The van der Waals surface area contributed by atoms with Crippen LogP contribution in [-0.4, -0.2) is 16.8 Å². The normalized spacial score (nSPS) is 18.1. The van der Waals surface area contributed by atoms with Crippen molar-refractivity contribution in [1.82, 2.24) is 10.3 Å². The van der Waals surface area contributed by atoms with Crippen LogP contribution in [0.1, 0.15) is 39.8 Å². The summed E-state index contributed by atoms with van der Waals surface area (Å²) < 4.78 is 0. The van der Waals surface area contributed by atoms with E-state index in [0.717, 1.165) is 11.3 Å². The molecule has 2 amide bonds. The maximum absolute atomic E-state index is 11.7. The van der Waals surface area contributed by atoms with Crippen LogP contribution in [0.15, 0.2) is 6.07 Å². The predicted molar refractivity (Wildman–Crippen MR) is 57.7 cm³/mol. The van der Waals surface area contributed by atoms with Gasteiger partial charge >= 0.3 is 0 Å². The number of nitrogens with two attached hydrogens (primary N) is 1. The average molecular weight is 219 g/mol. The van der Waals surface area contributed by atoms with E-state index in [9.17, 15) is 9.59 Å². The van der Waals surface area contributed by atoms with Crippen molar-refractivity contribution < 1.29 is 9.59 Å². The number of nitrogens with one attached hydrogen (secondary N) is 1. The quantitative estimate of drug-likeness (QED) is 0.753. The number of hydrogen-bond acceptors (Lipinski definition) is 3. The summed E-state index contributed by atoms with van der Waals surface area (Å²) in [5.41, 5.74) is 8.07. The number of amides is 2. The van der Waals surface area contributed by atoms with Crippen LogP contribution in [-0.2, 0) is 4.79 Å². The van der Waals surface area contributed by atoms with Crippen LogP contribution in [0.3, 0.4) is 0 Å². The first-order valence-electron chi connectivity index (χ1n) is 5.06. The van der Waals surface area contributed by atoms with Crippen molar-refractivity contribution >= 4 is 11.8 Å². The SMILES string of the molecule is Cc1cc(C)c2c(n1)C(CC(N)=O)NC2=O. The zero-order valence-corrected chi connectivity index (χ0v) is 9.20. The van der Waals surface area contributed by atoms with E-state index in [1.165, 1.54) is 0 Å². The molecule has 1 aromatic rings. The third-order valence-electron chi connectivity index (χ3n) is 2.64. The van der Waals surface area contributed by atoms with Crippen LogP contribution in [0.25, 0.3) is 0 Å². The number of aryl methyl sites for hydroxylation is 2. The van der Waals surface area contributed by atoms with Crippen LogP contribution >= 0.6 is 0 Å². The van der Waals surface area contributed by atoms with Gasteiger partial charge in [-0.3, -0.25) is 14.6 Å². The van der Waals surface area contributed by atoms with E-state index >= 15 is 0 Å². The van der Waals surface area contributed by atoms with Crippen LogP contribution in [0, 0.1) is 13.8 Å². The first kappa shape index (κ1) is 10.6. The molecular weight excluding hydrogens is 206 g/mol. The lowest BCUT2D eigenvalue weighted by molar-refractivity contribution is -0.118. The lowest BCUT2D eigenvalue weighted by atomic mass is 10.0. The van der Waals surface area contributed by atoms with E-state index in [4.69, 9.17) is 5.73 Å². The van der Waals surface area contributed by atoms with Crippen LogP contribution in [0.2, 0.25) is 0 Å². The summed E-state index contributed by atoms with van der Waals surface area (Å²) in [7, 11) is 0. The Kier molecular flexibility index (Phi) is 2.38. The molecule has 0 saturated carbocycles. The molecule has 84 valence electrons. The molecule has 0 fully saturated rings. The third-order valence-corrected chi connectivity index (χ3v) is 2.64. The Balaban J connectivity index is 2.48. The van der Waals surface area contributed by atoms with Gasteiger partial charge < -0.3 is 11.1 Å². The van der Waals surface area contributed by atoms with Crippen molar-refractivity contribution in [3.63, 3.8) is 0 Å². The molecule has 1 aliphatic heterocycles. The summed E-state index contributed by atoms with van der Waals surface area (Å²) in [6.45, 7) is 3.72. The van der Waals surface area contributed by atoms with Crippen LogP contribution in [0.4, 0.5) is 0 Å². The Hall–Kier alpha value is -1.91. The monoisotopic (exact) mass is 219 g/mol. The van der Waals surface area contributed by atoms with Crippen molar-refractivity contribution in [3.05, 3.63) is 28.6 Å². The lowest BCUT2D eigenvalue weighted by Crippen LogP contribution is -2.24. The number of carbonyl (C=O) groups excluding carboxylic acids is 2. The second kappa shape index (κ2) is 3.59. The number of fused-ring (bicyclic) bond motifs is 1. The molecular formula is C11H13N3O2. The van der Waals surface area contributed by atoms with Gasteiger partial charge in [0.05, 0.1) is 23.7 Å². The summed E-state index contributed by atoms with van der Waals surface area (Å²) >= 11 is 0. The maximum atomic E-state index is 11.7. The fraction of sp³-hybridized carbons (Fsp3) is 0.364. The fourth-order valence-corrected chi connectivity index (χ4v) is 2.06. The molecule has 1 aromatic heterocycles. The summed E-state index contributed by atoms with van der Waals surface area (Å²) in [4.78, 5) is 26.9. The van der Waals surface area contributed by atoms with E-state index in [-0.39, 0.29) is 18.4 Å². The highest BCUT2D eigenvalue weighted by Crippen LogP contribution is 2.28. The molecule has 0 saturated heterocycles. The number of primary amides is 1. The molecule has 0 bridgehead atoms. The number of hydrogen-bond donors (Lipinski definition) is 2. The summed E-state index contributed by atoms with van der Waals surface area (Å²) in [6.07, 6.45) is 0.0919. The summed E-state index contributed by atoms with van der Waals surface area (Å²) in [6, 6.07) is 1.48. The molecule has 1 atom stereocenters. The van der Waals surface area contributed by atoms with Gasteiger partial charge in [-0.2, -0.15) is 0 Å². The average Bonchev–Trinajstić information content (AvgIpc) is 2.41. The number of aromatic nitrogens is 1. The predicted octanol–water partition coefficient (Wildman–Crippen LogP) is 0.358. The first-order valence-corrected chi connectivity index (χ1v) is 5.06. The van der Waals surface area contributed by atoms with Crippen molar-refractivity contribution in [2.45, 2.75) is 26.3 Å². The molecule has 0 radical (unpaired) electrons. The van der Waals surface area contributed by atoms with Gasteiger partial charge in [0, 0.05) is 5.69 Å². The zero-order chi connectivity index (χ0) is 11.9. The molecule has 16 heavy (non-hydrogen) atoms. The van der Waals surface area contributed by atoms with E-state index < -0.39 is 5.91 Å². The molecule has 3 N–H and O–H groups in total. The smallest absolute Gasteiger partial charge is 0.254 e. The van der Waals surface area contributed by atoms with Crippen molar-refractivity contribution in [2.24, 2.45) is 5.73 Å².